The third-order valence-electron chi connectivity index (χ3n) is 3.84. The molecule has 0 aromatic heterocycles. The van der Waals surface area contributed by atoms with E-state index in [1.165, 1.54) is 19.3 Å². The second-order valence-corrected chi connectivity index (χ2v) is 4.72. The Kier molecular flexibility index (Phi) is 1.58. The molecule has 0 spiro atoms. The molecular weight excluding hydrogens is 150 g/mol. The molecule has 66 valence electrons. The van der Waals surface area contributed by atoms with Crippen LogP contribution in [0.25, 0.3) is 10.4 Å². The van der Waals surface area contributed by atoms with Crippen molar-refractivity contribution in [2.24, 2.45) is 10.5 Å². The molecule has 0 heterocycles. The lowest BCUT2D eigenvalue weighted by Gasteiger charge is -2.49. The van der Waals surface area contributed by atoms with Gasteiger partial charge in [0.25, 0.3) is 0 Å². The van der Waals surface area contributed by atoms with E-state index >= 15 is 0 Å². The summed E-state index contributed by atoms with van der Waals surface area (Å²) in [6.45, 7) is 2.37. The van der Waals surface area contributed by atoms with Crippen LogP contribution in [0, 0.1) is 5.41 Å². The molecule has 0 aromatic carbocycles. The van der Waals surface area contributed by atoms with Crippen molar-refractivity contribution in [1.29, 1.82) is 0 Å². The minimum Gasteiger partial charge on any atom is -0.0873 e. The summed E-state index contributed by atoms with van der Waals surface area (Å²) in [5.74, 6) is 0. The number of azide groups is 1. The second kappa shape index (κ2) is 2.40. The topological polar surface area (TPSA) is 48.8 Å². The van der Waals surface area contributed by atoms with Crippen LogP contribution < -0.4 is 0 Å². The fourth-order valence-corrected chi connectivity index (χ4v) is 2.60. The summed E-state index contributed by atoms with van der Waals surface area (Å²) in [5, 5.41) is 3.98. The summed E-state index contributed by atoms with van der Waals surface area (Å²) in [6.07, 6.45) is 7.12. The Morgan fingerprint density at radius 3 is 2.00 bits per heavy atom. The van der Waals surface area contributed by atoms with E-state index in [1.54, 1.807) is 0 Å². The minimum absolute atomic E-state index is 0.0203. The van der Waals surface area contributed by atoms with Crippen LogP contribution in [0.3, 0.4) is 0 Å². The van der Waals surface area contributed by atoms with Crippen LogP contribution >= 0.6 is 0 Å². The van der Waals surface area contributed by atoms with Gasteiger partial charge in [-0.15, -0.1) is 0 Å². The van der Waals surface area contributed by atoms with Crippen molar-refractivity contribution in [2.45, 2.75) is 51.0 Å². The van der Waals surface area contributed by atoms with Gasteiger partial charge >= 0.3 is 0 Å². The highest BCUT2D eigenvalue weighted by Crippen LogP contribution is 2.53. The average Bonchev–Trinajstić information content (AvgIpc) is 2.08. The Bertz CT molecular complexity index is 216. The molecule has 0 aromatic rings. The molecule has 3 saturated carbocycles. The lowest BCUT2D eigenvalue weighted by atomic mass is 9.58. The van der Waals surface area contributed by atoms with Crippen LogP contribution in [0.5, 0.6) is 0 Å². The molecule has 0 amide bonds. The summed E-state index contributed by atoms with van der Waals surface area (Å²) in [4.78, 5) is 2.97. The lowest BCUT2D eigenvalue weighted by Crippen LogP contribution is -2.43. The molecule has 2 bridgehead atoms. The van der Waals surface area contributed by atoms with Gasteiger partial charge in [-0.25, -0.2) is 0 Å². The number of rotatable bonds is 1. The van der Waals surface area contributed by atoms with E-state index in [0.717, 1.165) is 19.3 Å². The lowest BCUT2D eigenvalue weighted by molar-refractivity contribution is 0.0610. The molecule has 3 nitrogen and oxygen atoms in total. The van der Waals surface area contributed by atoms with Crippen LogP contribution in [-0.4, -0.2) is 5.54 Å². The van der Waals surface area contributed by atoms with E-state index in [1.807, 2.05) is 0 Å². The van der Waals surface area contributed by atoms with E-state index in [4.69, 9.17) is 5.53 Å². The highest BCUT2D eigenvalue weighted by molar-refractivity contribution is 5.02. The first-order valence-electron chi connectivity index (χ1n) is 4.74. The normalized spacial score (nSPS) is 45.4. The summed E-state index contributed by atoms with van der Waals surface area (Å²) >= 11 is 0. The monoisotopic (exact) mass is 165 g/mol. The Labute approximate surface area is 72.8 Å². The molecule has 3 rings (SSSR count). The maximum absolute atomic E-state index is 8.45. The largest absolute Gasteiger partial charge is 0.0873 e. The highest BCUT2D eigenvalue weighted by Gasteiger charge is 2.45. The maximum Gasteiger partial charge on any atom is 0.0489 e. The van der Waals surface area contributed by atoms with Gasteiger partial charge in [-0.1, -0.05) is 12.0 Å². The molecule has 3 fully saturated rings. The third-order valence-corrected chi connectivity index (χ3v) is 3.84. The van der Waals surface area contributed by atoms with Crippen molar-refractivity contribution in [3.63, 3.8) is 0 Å². The van der Waals surface area contributed by atoms with Gasteiger partial charge in [0, 0.05) is 10.5 Å². The number of fused-ring (bicyclic) bond motifs is 3. The molecule has 0 N–H and O–H groups in total. The molecule has 3 aliphatic rings. The zero-order valence-electron chi connectivity index (χ0n) is 7.58. The fraction of sp³-hybridized carbons (Fsp3) is 1.00. The number of nitrogens with zero attached hydrogens (tertiary/aromatic N) is 3. The van der Waals surface area contributed by atoms with Crippen molar-refractivity contribution in [2.75, 3.05) is 0 Å². The van der Waals surface area contributed by atoms with E-state index in [0.29, 0.717) is 5.41 Å². The number of hydrogen-bond donors (Lipinski definition) is 0. The molecule has 0 unspecified atom stereocenters. The quantitative estimate of drug-likeness (QED) is 0.325. The van der Waals surface area contributed by atoms with E-state index in [-0.39, 0.29) is 5.54 Å². The van der Waals surface area contributed by atoms with Gasteiger partial charge in [0.15, 0.2) is 0 Å². The summed E-state index contributed by atoms with van der Waals surface area (Å²) in [6, 6.07) is 0. The predicted octanol–water partition coefficient (Wildman–Crippen LogP) is 3.41. The molecule has 0 atom stereocenters. The second-order valence-electron chi connectivity index (χ2n) is 4.72. The summed E-state index contributed by atoms with van der Waals surface area (Å²) in [5.41, 5.74) is 9.05. The van der Waals surface area contributed by atoms with Gasteiger partial charge in [0.1, 0.15) is 0 Å². The molecule has 12 heavy (non-hydrogen) atoms. The molecule has 0 aliphatic heterocycles. The molecule has 3 heteroatoms. The van der Waals surface area contributed by atoms with Crippen molar-refractivity contribution >= 4 is 0 Å². The first-order valence-corrected chi connectivity index (χ1v) is 4.74. The molecule has 3 aliphatic carbocycles. The minimum atomic E-state index is 0.0203. The van der Waals surface area contributed by atoms with Crippen molar-refractivity contribution in [3.8, 4) is 0 Å². The Balaban J connectivity index is 2.19. The predicted molar refractivity (Wildman–Crippen MR) is 47.7 cm³/mol. The van der Waals surface area contributed by atoms with Crippen LogP contribution in [0.2, 0.25) is 0 Å². The molecular formula is C9H15N3. The first kappa shape index (κ1) is 7.93. The van der Waals surface area contributed by atoms with E-state index < -0.39 is 0 Å². The average molecular weight is 165 g/mol. The van der Waals surface area contributed by atoms with Gasteiger partial charge in [-0.3, -0.25) is 0 Å². The number of hydrogen-bond acceptors (Lipinski definition) is 1. The van der Waals surface area contributed by atoms with Crippen molar-refractivity contribution in [3.05, 3.63) is 10.4 Å². The first-order chi connectivity index (χ1) is 5.68. The third kappa shape index (κ3) is 1.09. The zero-order chi connectivity index (χ0) is 8.66. The highest BCUT2D eigenvalue weighted by atomic mass is 15.2. The van der Waals surface area contributed by atoms with Crippen LogP contribution in [0.1, 0.15) is 45.4 Å². The Morgan fingerprint density at radius 2 is 1.58 bits per heavy atom. The van der Waals surface area contributed by atoms with Gasteiger partial charge in [-0.2, -0.15) is 0 Å². The fourth-order valence-electron chi connectivity index (χ4n) is 2.60. The summed E-state index contributed by atoms with van der Waals surface area (Å²) in [7, 11) is 0. The van der Waals surface area contributed by atoms with E-state index in [2.05, 4.69) is 16.9 Å². The van der Waals surface area contributed by atoms with Gasteiger partial charge < -0.3 is 0 Å². The smallest absolute Gasteiger partial charge is 0.0489 e. The standard InChI is InChI=1S/C9H15N3/c1-8-2-5-9(6-3-8,7-4-8)11-12-10/h2-7H2,1H3. The molecule has 0 radical (unpaired) electrons. The van der Waals surface area contributed by atoms with Gasteiger partial charge in [0.2, 0.25) is 0 Å². The van der Waals surface area contributed by atoms with E-state index in [9.17, 15) is 0 Å². The van der Waals surface area contributed by atoms with Gasteiger partial charge in [0.05, 0.1) is 0 Å². The van der Waals surface area contributed by atoms with Crippen LogP contribution in [0.15, 0.2) is 5.11 Å². The Morgan fingerprint density at radius 1 is 1.08 bits per heavy atom. The van der Waals surface area contributed by atoms with Crippen molar-refractivity contribution < 1.29 is 0 Å². The maximum atomic E-state index is 8.45. The van der Waals surface area contributed by atoms with Crippen molar-refractivity contribution in [1.82, 2.24) is 0 Å². The van der Waals surface area contributed by atoms with Gasteiger partial charge in [-0.05, 0) is 49.5 Å². The molecule has 0 saturated heterocycles. The van der Waals surface area contributed by atoms with Crippen LogP contribution in [0.4, 0.5) is 0 Å². The zero-order valence-corrected chi connectivity index (χ0v) is 7.58. The van der Waals surface area contributed by atoms with Crippen LogP contribution in [-0.2, 0) is 0 Å². The SMILES string of the molecule is CC12CCC(N=[N+]=[N-])(CC1)CC2. The Hall–Kier alpha value is -0.690. The summed E-state index contributed by atoms with van der Waals surface area (Å²) < 4.78 is 0.